The van der Waals surface area contributed by atoms with Crippen LogP contribution in [0.4, 0.5) is 13.2 Å². The van der Waals surface area contributed by atoms with E-state index in [0.717, 1.165) is 6.08 Å². The summed E-state index contributed by atoms with van der Waals surface area (Å²) >= 11 is 0. The van der Waals surface area contributed by atoms with E-state index >= 15 is 0 Å². The van der Waals surface area contributed by atoms with Gasteiger partial charge < -0.3 is 9.47 Å². The molecule has 0 aromatic heterocycles. The summed E-state index contributed by atoms with van der Waals surface area (Å²) in [5.41, 5.74) is 0.0809. The Balaban J connectivity index is 2.98. The van der Waals surface area contributed by atoms with Crippen molar-refractivity contribution in [2.45, 2.75) is 20.2 Å². The molecule has 0 fully saturated rings. The van der Waals surface area contributed by atoms with Gasteiger partial charge in [-0.1, -0.05) is 19.9 Å². The Kier molecular flexibility index (Phi) is 3.85. The van der Waals surface area contributed by atoms with Gasteiger partial charge in [0.25, 0.3) is 0 Å². The van der Waals surface area contributed by atoms with Crippen molar-refractivity contribution in [2.75, 3.05) is 7.11 Å². The number of rotatable bonds is 2. The second-order valence-corrected chi connectivity index (χ2v) is 3.86. The molecule has 1 aliphatic carbocycles. The molecule has 2 unspecified atom stereocenters. The summed E-state index contributed by atoms with van der Waals surface area (Å²) in [5, 5.41) is 0. The number of halogens is 3. The maximum absolute atomic E-state index is 12.2. The third kappa shape index (κ3) is 3.51. The third-order valence-corrected chi connectivity index (χ3v) is 2.63. The van der Waals surface area contributed by atoms with Gasteiger partial charge in [-0.3, -0.25) is 0 Å². The number of alkyl halides is 3. The molecule has 3 nitrogen and oxygen atoms in total. The van der Waals surface area contributed by atoms with Gasteiger partial charge in [0.1, 0.15) is 5.76 Å². The fourth-order valence-corrected chi connectivity index (χ4v) is 1.52. The van der Waals surface area contributed by atoms with E-state index in [9.17, 15) is 18.0 Å². The molecule has 1 rings (SSSR count). The molecular weight excluding hydrogens is 237 g/mol. The van der Waals surface area contributed by atoms with E-state index in [-0.39, 0.29) is 17.3 Å². The maximum Gasteiger partial charge on any atom is 0.572 e. The largest absolute Gasteiger partial charge is 0.572 e. The van der Waals surface area contributed by atoms with Gasteiger partial charge in [-0.2, -0.15) is 0 Å². The van der Waals surface area contributed by atoms with Crippen molar-refractivity contribution in [1.29, 1.82) is 0 Å². The number of hydrogen-bond donors (Lipinski definition) is 0. The highest BCUT2D eigenvalue weighted by Crippen LogP contribution is 2.34. The van der Waals surface area contributed by atoms with Gasteiger partial charge in [0.05, 0.1) is 12.7 Å². The Morgan fingerprint density at radius 1 is 1.35 bits per heavy atom. The van der Waals surface area contributed by atoms with E-state index in [2.05, 4.69) is 9.47 Å². The van der Waals surface area contributed by atoms with Crippen LogP contribution in [0.5, 0.6) is 0 Å². The fraction of sp³-hybridized carbons (Fsp3) is 0.545. The fourth-order valence-electron chi connectivity index (χ4n) is 1.52. The van der Waals surface area contributed by atoms with E-state index in [1.165, 1.54) is 7.11 Å². The first kappa shape index (κ1) is 13.6. The molecule has 96 valence electrons. The van der Waals surface area contributed by atoms with E-state index in [1.807, 2.05) is 0 Å². The van der Waals surface area contributed by atoms with Gasteiger partial charge in [-0.05, 0) is 12.0 Å². The molecule has 0 spiro atoms. The number of esters is 1. The summed E-state index contributed by atoms with van der Waals surface area (Å²) in [5.74, 6) is -1.61. The minimum Gasteiger partial charge on any atom is -0.465 e. The zero-order valence-corrected chi connectivity index (χ0v) is 9.67. The first-order chi connectivity index (χ1) is 7.74. The van der Waals surface area contributed by atoms with E-state index < -0.39 is 18.2 Å². The second-order valence-electron chi connectivity index (χ2n) is 3.86. The Bertz CT molecular complexity index is 369. The van der Waals surface area contributed by atoms with Crippen molar-refractivity contribution in [2.24, 2.45) is 11.8 Å². The first-order valence-electron chi connectivity index (χ1n) is 5.02. The molecule has 6 heteroatoms. The van der Waals surface area contributed by atoms with Gasteiger partial charge in [0.15, 0.2) is 0 Å². The number of carbonyl (C=O) groups is 1. The molecular formula is C11H13F3O3. The average molecular weight is 250 g/mol. The minimum atomic E-state index is -4.75. The zero-order valence-electron chi connectivity index (χ0n) is 9.67. The molecule has 0 saturated heterocycles. The molecule has 0 aliphatic heterocycles. The minimum absolute atomic E-state index is 0.0809. The molecule has 0 radical (unpaired) electrons. The van der Waals surface area contributed by atoms with Crippen molar-refractivity contribution in [3.05, 3.63) is 23.5 Å². The lowest BCUT2D eigenvalue weighted by Gasteiger charge is -2.25. The van der Waals surface area contributed by atoms with Crippen LogP contribution >= 0.6 is 0 Å². The summed E-state index contributed by atoms with van der Waals surface area (Å²) in [6.07, 6.45) is -2.11. The normalized spacial score (nSPS) is 24.8. The van der Waals surface area contributed by atoms with E-state index in [1.54, 1.807) is 19.9 Å². The van der Waals surface area contributed by atoms with Gasteiger partial charge in [0, 0.05) is 5.92 Å². The third-order valence-electron chi connectivity index (χ3n) is 2.63. The molecule has 1 aliphatic rings. The number of ether oxygens (including phenoxy) is 2. The van der Waals surface area contributed by atoms with Crippen LogP contribution in [0.2, 0.25) is 0 Å². The lowest BCUT2D eigenvalue weighted by molar-refractivity contribution is -0.309. The molecule has 0 amide bonds. The number of allylic oxidation sites excluding steroid dienone is 2. The summed E-state index contributed by atoms with van der Waals surface area (Å²) in [6.45, 7) is 3.31. The summed E-state index contributed by atoms with van der Waals surface area (Å²) in [4.78, 5) is 11.3. The number of methoxy groups -OCH3 is 1. The van der Waals surface area contributed by atoms with Crippen molar-refractivity contribution >= 4 is 5.97 Å². The molecule has 0 aromatic rings. The van der Waals surface area contributed by atoms with Crippen molar-refractivity contribution in [3.8, 4) is 0 Å². The predicted molar refractivity (Wildman–Crippen MR) is 53.7 cm³/mol. The van der Waals surface area contributed by atoms with Crippen LogP contribution in [-0.2, 0) is 14.3 Å². The van der Waals surface area contributed by atoms with Crippen LogP contribution < -0.4 is 0 Å². The van der Waals surface area contributed by atoms with Crippen LogP contribution in [0.1, 0.15) is 13.8 Å². The highest BCUT2D eigenvalue weighted by Gasteiger charge is 2.36. The van der Waals surface area contributed by atoms with Crippen molar-refractivity contribution in [1.82, 2.24) is 0 Å². The smallest absolute Gasteiger partial charge is 0.465 e. The van der Waals surface area contributed by atoms with Crippen LogP contribution in [0.25, 0.3) is 0 Å². The van der Waals surface area contributed by atoms with Gasteiger partial charge >= 0.3 is 12.3 Å². The summed E-state index contributed by atoms with van der Waals surface area (Å²) < 4.78 is 44.8. The molecule has 0 bridgehead atoms. The van der Waals surface area contributed by atoms with Crippen LogP contribution in [-0.4, -0.2) is 19.4 Å². The Labute approximate surface area is 96.9 Å². The van der Waals surface area contributed by atoms with Crippen LogP contribution in [0.3, 0.4) is 0 Å². The standard InChI is InChI=1S/C11H13F3O3/c1-6-4-8(10(15)16-3)5-9(7(6)2)17-11(12,13)14/h4-7H,1-3H3. The van der Waals surface area contributed by atoms with E-state index in [4.69, 9.17) is 0 Å². The van der Waals surface area contributed by atoms with Crippen molar-refractivity contribution in [3.63, 3.8) is 0 Å². The van der Waals surface area contributed by atoms with Crippen molar-refractivity contribution < 1.29 is 27.4 Å². The van der Waals surface area contributed by atoms with Gasteiger partial charge in [-0.25, -0.2) is 4.79 Å². The molecule has 0 heterocycles. The predicted octanol–water partition coefficient (Wildman–Crippen LogP) is 2.79. The average Bonchev–Trinajstić information content (AvgIpc) is 2.21. The van der Waals surface area contributed by atoms with Crippen LogP contribution in [0, 0.1) is 11.8 Å². The summed E-state index contributed by atoms with van der Waals surface area (Å²) in [6, 6.07) is 0. The van der Waals surface area contributed by atoms with Crippen LogP contribution in [0.15, 0.2) is 23.5 Å². The second kappa shape index (κ2) is 4.81. The monoisotopic (exact) mass is 250 g/mol. The molecule has 0 saturated carbocycles. The Morgan fingerprint density at radius 2 is 1.94 bits per heavy atom. The lowest BCUT2D eigenvalue weighted by Crippen LogP contribution is -2.23. The molecule has 17 heavy (non-hydrogen) atoms. The molecule has 0 aromatic carbocycles. The number of carbonyl (C=O) groups excluding carboxylic acids is 1. The summed E-state index contributed by atoms with van der Waals surface area (Å²) in [7, 11) is 1.17. The SMILES string of the molecule is COC(=O)C1=CC(C)C(C)C(OC(F)(F)F)=C1. The molecule has 2 atom stereocenters. The highest BCUT2D eigenvalue weighted by molar-refractivity contribution is 5.91. The zero-order chi connectivity index (χ0) is 13.2. The van der Waals surface area contributed by atoms with Gasteiger partial charge in [0.2, 0.25) is 0 Å². The van der Waals surface area contributed by atoms with E-state index in [0.29, 0.717) is 0 Å². The first-order valence-corrected chi connectivity index (χ1v) is 5.02. The lowest BCUT2D eigenvalue weighted by atomic mass is 9.87. The maximum atomic E-state index is 12.2. The van der Waals surface area contributed by atoms with Gasteiger partial charge in [-0.15, -0.1) is 13.2 Å². The Hall–Kier alpha value is -1.46. The number of hydrogen-bond acceptors (Lipinski definition) is 3. The molecule has 0 N–H and O–H groups in total. The highest BCUT2D eigenvalue weighted by atomic mass is 19.4. The topological polar surface area (TPSA) is 35.5 Å². The Morgan fingerprint density at radius 3 is 2.41 bits per heavy atom. The quantitative estimate of drug-likeness (QED) is 0.707.